The standard InChI is InChI=1S/C17H13N3O4S2/c21-16-9-24-15-7-6-11(8-13(15)18-16)14-10-25-17(19-14)20-26(22,23)12-4-2-1-3-5-12/h1-8,10H,9H2,(H,18,21)(H,19,20). The number of nitrogens with zero attached hydrogens (tertiary/aromatic N) is 1. The number of aromatic nitrogens is 1. The summed E-state index contributed by atoms with van der Waals surface area (Å²) >= 11 is 1.18. The van der Waals surface area contributed by atoms with Gasteiger partial charge in [0.2, 0.25) is 0 Å². The summed E-state index contributed by atoms with van der Waals surface area (Å²) in [7, 11) is -3.68. The number of thiazole rings is 1. The number of fused-ring (bicyclic) bond motifs is 1. The molecule has 2 aromatic carbocycles. The van der Waals surface area contributed by atoms with Gasteiger partial charge < -0.3 is 10.1 Å². The van der Waals surface area contributed by atoms with Gasteiger partial charge in [0.1, 0.15) is 5.75 Å². The summed E-state index contributed by atoms with van der Waals surface area (Å²) in [6.07, 6.45) is 0. The van der Waals surface area contributed by atoms with E-state index in [1.807, 2.05) is 0 Å². The highest BCUT2D eigenvalue weighted by Gasteiger charge is 2.18. The minimum Gasteiger partial charge on any atom is -0.482 e. The smallest absolute Gasteiger partial charge is 0.263 e. The lowest BCUT2D eigenvalue weighted by Gasteiger charge is -2.18. The number of nitrogens with one attached hydrogen (secondary N) is 2. The third kappa shape index (κ3) is 3.26. The molecule has 1 aliphatic rings. The molecule has 9 heteroatoms. The molecule has 7 nitrogen and oxygen atoms in total. The molecule has 0 spiro atoms. The molecule has 0 radical (unpaired) electrons. The summed E-state index contributed by atoms with van der Waals surface area (Å²) in [6.45, 7) is -0.00549. The van der Waals surface area contributed by atoms with Crippen molar-refractivity contribution in [3.63, 3.8) is 0 Å². The van der Waals surface area contributed by atoms with Crippen LogP contribution in [0.4, 0.5) is 10.8 Å². The van der Waals surface area contributed by atoms with E-state index >= 15 is 0 Å². The molecular weight excluding hydrogens is 374 g/mol. The van der Waals surface area contributed by atoms with Crippen LogP contribution in [-0.2, 0) is 14.8 Å². The van der Waals surface area contributed by atoms with Crippen molar-refractivity contribution in [2.45, 2.75) is 4.90 Å². The zero-order valence-electron chi connectivity index (χ0n) is 13.3. The highest BCUT2D eigenvalue weighted by atomic mass is 32.2. The van der Waals surface area contributed by atoms with Crippen LogP contribution in [0.2, 0.25) is 0 Å². The van der Waals surface area contributed by atoms with Gasteiger partial charge in [-0.3, -0.25) is 9.52 Å². The minimum atomic E-state index is -3.68. The van der Waals surface area contributed by atoms with E-state index in [-0.39, 0.29) is 22.5 Å². The van der Waals surface area contributed by atoms with Crippen molar-refractivity contribution >= 4 is 38.1 Å². The molecule has 1 aromatic heterocycles. The van der Waals surface area contributed by atoms with E-state index in [0.29, 0.717) is 17.1 Å². The maximum Gasteiger partial charge on any atom is 0.263 e. The molecule has 0 bridgehead atoms. The largest absolute Gasteiger partial charge is 0.482 e. The zero-order chi connectivity index (χ0) is 18.1. The Kier molecular flexibility index (Phi) is 4.09. The first-order valence-electron chi connectivity index (χ1n) is 7.62. The molecular formula is C17H13N3O4S2. The first-order chi connectivity index (χ1) is 12.5. The highest BCUT2D eigenvalue weighted by molar-refractivity contribution is 7.93. The van der Waals surface area contributed by atoms with E-state index in [1.54, 1.807) is 41.8 Å². The molecule has 0 saturated heterocycles. The third-order valence-corrected chi connectivity index (χ3v) is 5.93. The Hall–Kier alpha value is -2.91. The molecule has 0 unspecified atom stereocenters. The summed E-state index contributed by atoms with van der Waals surface area (Å²) < 4.78 is 32.5. The number of carbonyl (C=O) groups excluding carboxylic acids is 1. The van der Waals surface area contributed by atoms with Crippen LogP contribution in [0.1, 0.15) is 0 Å². The summed E-state index contributed by atoms with van der Waals surface area (Å²) in [5.41, 5.74) is 1.91. The molecule has 0 aliphatic carbocycles. The number of sulfonamides is 1. The number of hydrogen-bond donors (Lipinski definition) is 2. The molecule has 4 rings (SSSR count). The van der Waals surface area contributed by atoms with Gasteiger partial charge in [-0.2, -0.15) is 0 Å². The quantitative estimate of drug-likeness (QED) is 0.717. The van der Waals surface area contributed by atoms with Crippen LogP contribution in [0.3, 0.4) is 0 Å². The second-order valence-electron chi connectivity index (χ2n) is 5.50. The van der Waals surface area contributed by atoms with Gasteiger partial charge in [-0.1, -0.05) is 18.2 Å². The second-order valence-corrected chi connectivity index (χ2v) is 8.04. The lowest BCUT2D eigenvalue weighted by molar-refractivity contribution is -0.118. The predicted molar refractivity (Wildman–Crippen MR) is 98.9 cm³/mol. The van der Waals surface area contributed by atoms with Gasteiger partial charge in [0.15, 0.2) is 11.7 Å². The van der Waals surface area contributed by atoms with Crippen LogP contribution in [-0.4, -0.2) is 25.9 Å². The fourth-order valence-electron chi connectivity index (χ4n) is 2.47. The van der Waals surface area contributed by atoms with Gasteiger partial charge in [-0.05, 0) is 30.3 Å². The maximum absolute atomic E-state index is 12.4. The summed E-state index contributed by atoms with van der Waals surface area (Å²) in [6, 6.07) is 13.4. The van der Waals surface area contributed by atoms with Crippen LogP contribution in [0.25, 0.3) is 11.3 Å². The van der Waals surface area contributed by atoms with Gasteiger partial charge >= 0.3 is 0 Å². The number of rotatable bonds is 4. The van der Waals surface area contributed by atoms with E-state index in [1.165, 1.54) is 23.5 Å². The fourth-order valence-corrected chi connectivity index (χ4v) is 4.46. The Morgan fingerprint density at radius 2 is 1.96 bits per heavy atom. The first kappa shape index (κ1) is 16.6. The van der Waals surface area contributed by atoms with E-state index in [2.05, 4.69) is 15.0 Å². The van der Waals surface area contributed by atoms with Crippen molar-refractivity contribution < 1.29 is 17.9 Å². The van der Waals surface area contributed by atoms with Crippen LogP contribution in [0.15, 0.2) is 58.8 Å². The molecule has 0 fully saturated rings. The summed E-state index contributed by atoms with van der Waals surface area (Å²) in [4.78, 5) is 15.9. The van der Waals surface area contributed by atoms with Crippen molar-refractivity contribution in [2.75, 3.05) is 16.6 Å². The van der Waals surface area contributed by atoms with E-state index in [9.17, 15) is 13.2 Å². The lowest BCUT2D eigenvalue weighted by atomic mass is 10.1. The second kappa shape index (κ2) is 6.43. The molecule has 132 valence electrons. The van der Waals surface area contributed by atoms with Crippen LogP contribution in [0, 0.1) is 0 Å². The minimum absolute atomic E-state index is 0.00549. The van der Waals surface area contributed by atoms with E-state index in [0.717, 1.165) is 5.56 Å². The zero-order valence-corrected chi connectivity index (χ0v) is 14.9. The average Bonchev–Trinajstić information content (AvgIpc) is 3.09. The van der Waals surface area contributed by atoms with E-state index in [4.69, 9.17) is 4.74 Å². The Labute approximate surface area is 153 Å². The third-order valence-electron chi connectivity index (χ3n) is 3.69. The summed E-state index contributed by atoms with van der Waals surface area (Å²) in [5.74, 6) is 0.373. The number of benzene rings is 2. The maximum atomic E-state index is 12.4. The van der Waals surface area contributed by atoms with Crippen molar-refractivity contribution in [2.24, 2.45) is 0 Å². The normalized spacial score (nSPS) is 13.5. The topological polar surface area (TPSA) is 97.4 Å². The Morgan fingerprint density at radius 3 is 2.77 bits per heavy atom. The number of amides is 1. The van der Waals surface area contributed by atoms with Crippen LogP contribution >= 0.6 is 11.3 Å². The van der Waals surface area contributed by atoms with Gasteiger partial charge in [0.05, 0.1) is 16.3 Å². The summed E-state index contributed by atoms with van der Waals surface area (Å²) in [5, 5.41) is 4.75. The lowest BCUT2D eigenvalue weighted by Crippen LogP contribution is -2.25. The number of ether oxygens (including phenoxy) is 1. The van der Waals surface area contributed by atoms with Crippen molar-refractivity contribution in [3.8, 4) is 17.0 Å². The molecule has 2 heterocycles. The monoisotopic (exact) mass is 387 g/mol. The average molecular weight is 387 g/mol. The molecule has 0 saturated carbocycles. The van der Waals surface area contributed by atoms with Gasteiger partial charge in [0.25, 0.3) is 15.9 Å². The number of hydrogen-bond acceptors (Lipinski definition) is 6. The van der Waals surface area contributed by atoms with Crippen LogP contribution < -0.4 is 14.8 Å². The van der Waals surface area contributed by atoms with Crippen LogP contribution in [0.5, 0.6) is 5.75 Å². The predicted octanol–water partition coefficient (Wildman–Crippen LogP) is 2.94. The van der Waals surface area contributed by atoms with Gasteiger partial charge in [0, 0.05) is 10.9 Å². The molecule has 26 heavy (non-hydrogen) atoms. The van der Waals surface area contributed by atoms with Crippen molar-refractivity contribution in [3.05, 3.63) is 53.9 Å². The Balaban J connectivity index is 1.59. The van der Waals surface area contributed by atoms with Crippen molar-refractivity contribution in [1.82, 2.24) is 4.98 Å². The van der Waals surface area contributed by atoms with Gasteiger partial charge in [-0.15, -0.1) is 11.3 Å². The fraction of sp³-hybridized carbons (Fsp3) is 0.0588. The first-order valence-corrected chi connectivity index (χ1v) is 9.98. The van der Waals surface area contributed by atoms with Crippen molar-refractivity contribution in [1.29, 1.82) is 0 Å². The van der Waals surface area contributed by atoms with Gasteiger partial charge in [-0.25, -0.2) is 13.4 Å². The Morgan fingerprint density at radius 1 is 1.15 bits per heavy atom. The van der Waals surface area contributed by atoms with E-state index < -0.39 is 10.0 Å². The SMILES string of the molecule is O=C1COc2ccc(-c3csc(NS(=O)(=O)c4ccccc4)n3)cc2N1. The molecule has 1 amide bonds. The molecule has 1 aliphatic heterocycles. The highest BCUT2D eigenvalue weighted by Crippen LogP contribution is 2.34. The molecule has 0 atom stereocenters. The Bertz CT molecular complexity index is 1080. The molecule has 3 aromatic rings. The number of carbonyl (C=O) groups is 1. The molecule has 2 N–H and O–H groups in total. The number of anilines is 2.